The fourth-order valence-corrected chi connectivity index (χ4v) is 6.57. The lowest BCUT2D eigenvalue weighted by Gasteiger charge is -2.53. The van der Waals surface area contributed by atoms with E-state index >= 15 is 0 Å². The van der Waals surface area contributed by atoms with Crippen LogP contribution in [0.1, 0.15) is 41.5 Å². The highest BCUT2D eigenvalue weighted by molar-refractivity contribution is 6.24. The second kappa shape index (κ2) is 8.25. The number of amides is 1. The Balaban J connectivity index is 1.77. The van der Waals surface area contributed by atoms with Crippen molar-refractivity contribution in [1.29, 1.82) is 0 Å². The number of benzene rings is 1. The van der Waals surface area contributed by atoms with Gasteiger partial charge in [-0.15, -0.1) is 0 Å². The zero-order valence-electron chi connectivity index (χ0n) is 20.3. The van der Waals surface area contributed by atoms with E-state index in [0.29, 0.717) is 5.56 Å². The fraction of sp³-hybridized carbons (Fsp3) is 0.423. The van der Waals surface area contributed by atoms with Gasteiger partial charge in [-0.05, 0) is 32.5 Å². The predicted molar refractivity (Wildman–Crippen MR) is 130 cm³/mol. The van der Waals surface area contributed by atoms with Crippen LogP contribution < -0.4 is 11.5 Å². The van der Waals surface area contributed by atoms with E-state index in [1.165, 1.54) is 19.0 Å². The molecular weight excluding hydrogens is 482 g/mol. The van der Waals surface area contributed by atoms with Crippen LogP contribution in [0.15, 0.2) is 41.2 Å². The van der Waals surface area contributed by atoms with E-state index in [1.807, 2.05) is 12.2 Å². The van der Waals surface area contributed by atoms with Crippen LogP contribution in [-0.4, -0.2) is 79.7 Å². The second-order valence-corrected chi connectivity index (χ2v) is 10.4. The first kappa shape index (κ1) is 25.2. The summed E-state index contributed by atoms with van der Waals surface area (Å²) in [6.45, 7) is 0. The highest BCUT2D eigenvalue weighted by Gasteiger charge is 2.68. The Hall–Kier alpha value is -3.51. The van der Waals surface area contributed by atoms with Gasteiger partial charge in [0, 0.05) is 29.0 Å². The van der Waals surface area contributed by atoms with Gasteiger partial charge in [-0.2, -0.15) is 0 Å². The van der Waals surface area contributed by atoms with Crippen molar-refractivity contribution in [3.63, 3.8) is 0 Å². The molecule has 1 aromatic rings. The SMILES string of the molecule is CN(C)[C@@H]1C(=O)C(C(N)=O)=C(O)[C@@]2(O)C(=O)C3=C(O)c4c(ccc(C5C=CCC5)c4O)[C@H](N)[C@H]3[C@H](O)[C@@H]12. The first-order valence-electron chi connectivity index (χ1n) is 12.0. The molecule has 5 rings (SSSR count). The molecule has 9 N–H and O–H groups in total. The Morgan fingerprint density at radius 2 is 1.78 bits per heavy atom. The fourth-order valence-electron chi connectivity index (χ4n) is 6.57. The van der Waals surface area contributed by atoms with Crippen LogP contribution in [0, 0.1) is 11.8 Å². The topological polar surface area (TPSA) is 208 Å². The van der Waals surface area contributed by atoms with Gasteiger partial charge >= 0.3 is 0 Å². The summed E-state index contributed by atoms with van der Waals surface area (Å²) in [4.78, 5) is 40.5. The minimum atomic E-state index is -2.97. The van der Waals surface area contributed by atoms with Crippen LogP contribution >= 0.6 is 0 Å². The standard InChI is InChI=1S/C26H29N3O8/c1-29(2)18-16-21(32)13-14(23(34)26(16,37)24(35)15(22(18)33)25(28)36)20(31)12-11(17(13)27)8-7-10(19(12)30)9-5-3-4-6-9/h3,5,7-9,13,16-18,21,30-32,35,37H,4,6,27H2,1-2H3,(H2,28,36)/t9?,13-,16+,17-,18-,21-,26-/m0/s1. The van der Waals surface area contributed by atoms with Gasteiger partial charge in [0.2, 0.25) is 5.78 Å². The minimum absolute atomic E-state index is 0.103. The molecule has 4 aliphatic carbocycles. The average molecular weight is 512 g/mol. The Bertz CT molecular complexity index is 1350. The average Bonchev–Trinajstić information content (AvgIpc) is 3.35. The molecule has 0 spiro atoms. The molecule has 37 heavy (non-hydrogen) atoms. The van der Waals surface area contributed by atoms with Crippen LogP contribution in [-0.2, 0) is 14.4 Å². The van der Waals surface area contributed by atoms with Crippen LogP contribution in [0.3, 0.4) is 0 Å². The number of aliphatic hydroxyl groups excluding tert-OH is 3. The van der Waals surface area contributed by atoms with Crippen molar-refractivity contribution >= 4 is 23.2 Å². The third-order valence-electron chi connectivity index (χ3n) is 8.29. The number of carbonyl (C=O) groups is 3. The van der Waals surface area contributed by atoms with Crippen molar-refractivity contribution in [2.75, 3.05) is 14.1 Å². The molecule has 0 heterocycles. The van der Waals surface area contributed by atoms with Crippen molar-refractivity contribution in [3.8, 4) is 5.75 Å². The summed E-state index contributed by atoms with van der Waals surface area (Å²) >= 11 is 0. The third kappa shape index (κ3) is 3.11. The van der Waals surface area contributed by atoms with E-state index in [9.17, 15) is 39.9 Å². The molecule has 0 saturated heterocycles. The second-order valence-electron chi connectivity index (χ2n) is 10.4. The van der Waals surface area contributed by atoms with Crippen LogP contribution in [0.5, 0.6) is 5.75 Å². The molecule has 0 bridgehead atoms. The van der Waals surface area contributed by atoms with E-state index in [0.717, 1.165) is 12.8 Å². The molecule has 4 aliphatic rings. The molecule has 0 aliphatic heterocycles. The highest BCUT2D eigenvalue weighted by Crippen LogP contribution is 2.55. The van der Waals surface area contributed by atoms with Gasteiger partial charge in [0.05, 0.1) is 23.6 Å². The molecule has 7 atom stereocenters. The number of hydrogen-bond acceptors (Lipinski definition) is 10. The number of phenolic OH excluding ortho intramolecular Hbond substituents is 1. The lowest BCUT2D eigenvalue weighted by atomic mass is 9.55. The van der Waals surface area contributed by atoms with Gasteiger partial charge in [0.15, 0.2) is 11.4 Å². The largest absolute Gasteiger partial charge is 0.508 e. The maximum atomic E-state index is 13.9. The monoisotopic (exact) mass is 511 g/mol. The summed E-state index contributed by atoms with van der Waals surface area (Å²) in [6, 6.07) is 0.750. The number of aliphatic hydroxyl groups is 4. The van der Waals surface area contributed by atoms with Crippen LogP contribution in [0.4, 0.5) is 0 Å². The van der Waals surface area contributed by atoms with E-state index in [-0.39, 0.29) is 22.8 Å². The summed E-state index contributed by atoms with van der Waals surface area (Å²) in [5.74, 6) is -8.90. The number of likely N-dealkylation sites (N-methyl/N-ethyl adjacent to an activating group) is 1. The van der Waals surface area contributed by atoms with Crippen LogP contribution in [0.25, 0.3) is 5.76 Å². The Morgan fingerprint density at radius 1 is 1.14 bits per heavy atom. The molecule has 1 aromatic carbocycles. The molecule has 196 valence electrons. The number of Topliss-reactive ketones (excluding diaryl/α,β-unsaturated/α-hetero) is 2. The maximum absolute atomic E-state index is 13.9. The summed E-state index contributed by atoms with van der Waals surface area (Å²) < 4.78 is 0. The van der Waals surface area contributed by atoms with Gasteiger partial charge in [0.25, 0.3) is 5.91 Å². The molecule has 1 fully saturated rings. The zero-order valence-corrected chi connectivity index (χ0v) is 20.3. The van der Waals surface area contributed by atoms with Gasteiger partial charge in [-0.25, -0.2) is 0 Å². The molecule has 11 heteroatoms. The smallest absolute Gasteiger partial charge is 0.255 e. The Kier molecular flexibility index (Phi) is 5.61. The lowest BCUT2D eigenvalue weighted by Crippen LogP contribution is -2.70. The minimum Gasteiger partial charge on any atom is -0.508 e. The molecule has 1 saturated carbocycles. The van der Waals surface area contributed by atoms with Gasteiger partial charge in [-0.3, -0.25) is 19.3 Å². The number of phenols is 1. The number of hydrogen-bond donors (Lipinski definition) is 7. The molecule has 11 nitrogen and oxygen atoms in total. The first-order chi connectivity index (χ1) is 17.3. The quantitative estimate of drug-likeness (QED) is 0.210. The summed E-state index contributed by atoms with van der Waals surface area (Å²) in [5.41, 5.74) is 8.06. The van der Waals surface area contributed by atoms with E-state index in [1.54, 1.807) is 12.1 Å². The van der Waals surface area contributed by atoms with E-state index in [4.69, 9.17) is 11.5 Å². The van der Waals surface area contributed by atoms with Crippen molar-refractivity contribution < 1.29 is 39.9 Å². The van der Waals surface area contributed by atoms with Crippen molar-refractivity contribution in [2.45, 2.75) is 42.5 Å². The number of rotatable bonds is 3. The number of fused-ring (bicyclic) bond motifs is 3. The predicted octanol–water partition coefficient (Wildman–Crippen LogP) is -0.174. The van der Waals surface area contributed by atoms with E-state index in [2.05, 4.69) is 0 Å². The van der Waals surface area contributed by atoms with Crippen LogP contribution in [0.2, 0.25) is 0 Å². The summed E-state index contributed by atoms with van der Waals surface area (Å²) in [7, 11) is 2.88. The third-order valence-corrected chi connectivity index (χ3v) is 8.29. The van der Waals surface area contributed by atoms with Gasteiger partial charge in [0.1, 0.15) is 22.8 Å². The number of allylic oxidation sites excluding steroid dienone is 2. The van der Waals surface area contributed by atoms with Crippen molar-refractivity contribution in [3.05, 3.63) is 57.9 Å². The normalized spacial score (nSPS) is 35.1. The lowest BCUT2D eigenvalue weighted by molar-refractivity contribution is -0.169. The first-order valence-corrected chi connectivity index (χ1v) is 12.0. The number of aromatic hydroxyl groups is 1. The number of carbonyl (C=O) groups excluding carboxylic acids is 3. The maximum Gasteiger partial charge on any atom is 0.255 e. The molecule has 1 unspecified atom stereocenters. The van der Waals surface area contributed by atoms with E-state index < -0.39 is 75.8 Å². The zero-order chi connectivity index (χ0) is 27.1. The Morgan fingerprint density at radius 3 is 2.35 bits per heavy atom. The highest BCUT2D eigenvalue weighted by atomic mass is 16.4. The number of nitrogens with zero attached hydrogens (tertiary/aromatic N) is 1. The number of primary amides is 1. The van der Waals surface area contributed by atoms with Gasteiger partial charge in [-0.1, -0.05) is 24.3 Å². The molecule has 1 amide bonds. The molecular formula is C26H29N3O8. The summed E-state index contributed by atoms with van der Waals surface area (Å²) in [5, 5.41) is 56.6. The van der Waals surface area contributed by atoms with Crippen molar-refractivity contribution in [1.82, 2.24) is 4.90 Å². The van der Waals surface area contributed by atoms with Crippen molar-refractivity contribution in [2.24, 2.45) is 23.3 Å². The molecule has 0 radical (unpaired) electrons. The number of ketones is 2. The van der Waals surface area contributed by atoms with Gasteiger partial charge < -0.3 is 37.0 Å². The molecule has 0 aromatic heterocycles. The summed E-state index contributed by atoms with van der Waals surface area (Å²) in [6.07, 6.45) is 3.72. The Labute approximate surface area is 212 Å². The number of nitrogens with two attached hydrogens (primary N) is 2.